The van der Waals surface area contributed by atoms with E-state index in [0.29, 0.717) is 19.4 Å². The zero-order valence-electron chi connectivity index (χ0n) is 15.3. The van der Waals surface area contributed by atoms with Gasteiger partial charge in [-0.2, -0.15) is 0 Å². The summed E-state index contributed by atoms with van der Waals surface area (Å²) in [5, 5.41) is 20.9. The molecule has 2 aliphatic rings. The van der Waals surface area contributed by atoms with E-state index in [9.17, 15) is 15.0 Å². The molecule has 138 valence electrons. The third-order valence-corrected chi connectivity index (χ3v) is 6.30. The van der Waals surface area contributed by atoms with E-state index in [1.54, 1.807) is 4.90 Å². The first-order valence-electron chi connectivity index (χ1n) is 9.35. The first-order chi connectivity index (χ1) is 11.9. The van der Waals surface area contributed by atoms with Crippen molar-refractivity contribution in [3.8, 4) is 0 Å². The average molecular weight is 346 g/mol. The molecule has 1 aromatic carbocycles. The number of likely N-dealkylation sites (tertiary alicyclic amines) is 2. The number of hydrogen-bond donors (Lipinski definition) is 2. The first-order valence-corrected chi connectivity index (χ1v) is 9.35. The summed E-state index contributed by atoms with van der Waals surface area (Å²) in [6, 6.07) is 10.0. The fraction of sp³-hybridized carbons (Fsp3) is 0.650. The van der Waals surface area contributed by atoms with E-state index < -0.39 is 17.1 Å². The minimum Gasteiger partial charge on any atom is -0.388 e. The number of carbonyl (C=O) groups excluding carboxylic acids is 1. The molecule has 0 saturated carbocycles. The zero-order valence-corrected chi connectivity index (χ0v) is 15.3. The van der Waals surface area contributed by atoms with Crippen molar-refractivity contribution in [3.63, 3.8) is 0 Å². The van der Waals surface area contributed by atoms with E-state index in [1.807, 2.05) is 37.3 Å². The van der Waals surface area contributed by atoms with E-state index in [-0.39, 0.29) is 12.5 Å². The van der Waals surface area contributed by atoms with Gasteiger partial charge in [-0.05, 0) is 51.4 Å². The van der Waals surface area contributed by atoms with Crippen LogP contribution in [0.3, 0.4) is 0 Å². The Morgan fingerprint density at radius 1 is 1.16 bits per heavy atom. The monoisotopic (exact) mass is 346 g/mol. The highest BCUT2D eigenvalue weighted by Crippen LogP contribution is 2.38. The topological polar surface area (TPSA) is 64.0 Å². The Bertz CT molecular complexity index is 598. The van der Waals surface area contributed by atoms with Crippen molar-refractivity contribution in [2.45, 2.75) is 49.7 Å². The van der Waals surface area contributed by atoms with Gasteiger partial charge in [-0.1, -0.05) is 37.3 Å². The molecule has 0 bridgehead atoms. The van der Waals surface area contributed by atoms with Crippen LogP contribution in [-0.2, 0) is 10.2 Å². The van der Waals surface area contributed by atoms with E-state index in [4.69, 9.17) is 0 Å². The molecule has 2 aliphatic heterocycles. The normalized spacial score (nSPS) is 30.2. The van der Waals surface area contributed by atoms with Crippen LogP contribution in [0.4, 0.5) is 0 Å². The largest absolute Gasteiger partial charge is 0.388 e. The van der Waals surface area contributed by atoms with Gasteiger partial charge in [0.15, 0.2) is 0 Å². The molecular weight excluding hydrogens is 316 g/mol. The minimum absolute atomic E-state index is 0.101. The highest BCUT2D eigenvalue weighted by molar-refractivity contribution is 5.88. The van der Waals surface area contributed by atoms with Crippen LogP contribution < -0.4 is 0 Å². The molecule has 3 rings (SSSR count). The third kappa shape index (κ3) is 3.33. The Morgan fingerprint density at radius 3 is 2.36 bits per heavy atom. The van der Waals surface area contributed by atoms with Gasteiger partial charge in [0.25, 0.3) is 0 Å². The molecule has 1 amide bonds. The van der Waals surface area contributed by atoms with Gasteiger partial charge in [-0.15, -0.1) is 0 Å². The highest BCUT2D eigenvalue weighted by Gasteiger charge is 2.48. The molecule has 0 aliphatic carbocycles. The van der Waals surface area contributed by atoms with Crippen LogP contribution in [0.5, 0.6) is 0 Å². The molecule has 2 N–H and O–H groups in total. The second kappa shape index (κ2) is 7.06. The quantitative estimate of drug-likeness (QED) is 0.868. The maximum absolute atomic E-state index is 13.5. The number of hydrogen-bond acceptors (Lipinski definition) is 4. The van der Waals surface area contributed by atoms with Crippen molar-refractivity contribution in [2.75, 3.05) is 33.2 Å². The predicted molar refractivity (Wildman–Crippen MR) is 97.3 cm³/mol. The predicted octanol–water partition coefficient (Wildman–Crippen LogP) is 1.38. The van der Waals surface area contributed by atoms with Crippen LogP contribution in [0.2, 0.25) is 0 Å². The number of carbonyl (C=O) groups is 1. The van der Waals surface area contributed by atoms with Crippen molar-refractivity contribution in [1.29, 1.82) is 0 Å². The molecule has 2 atom stereocenters. The first kappa shape index (κ1) is 18.4. The lowest BCUT2D eigenvalue weighted by Crippen LogP contribution is -2.60. The van der Waals surface area contributed by atoms with Gasteiger partial charge in [0.2, 0.25) is 5.91 Å². The minimum atomic E-state index is -1.07. The molecule has 2 fully saturated rings. The van der Waals surface area contributed by atoms with E-state index in [0.717, 1.165) is 31.5 Å². The number of β-amino-alcohol motifs (C(OH)–C–C–N with tert-alkyl or cyclic N) is 1. The number of piperidine rings is 2. The number of aliphatic hydroxyl groups excluding tert-OH is 1. The van der Waals surface area contributed by atoms with Gasteiger partial charge in [0.05, 0.1) is 11.0 Å². The van der Waals surface area contributed by atoms with Gasteiger partial charge in [-0.3, -0.25) is 4.79 Å². The molecular formula is C20H30N2O3. The Hall–Kier alpha value is -1.43. The fourth-order valence-electron chi connectivity index (χ4n) is 4.25. The summed E-state index contributed by atoms with van der Waals surface area (Å²) in [6.07, 6.45) is 1.63. The molecule has 25 heavy (non-hydrogen) atoms. The second-order valence-corrected chi connectivity index (χ2v) is 7.73. The molecule has 0 spiro atoms. The molecule has 0 aromatic heterocycles. The van der Waals surface area contributed by atoms with Crippen LogP contribution in [0.1, 0.15) is 38.2 Å². The molecule has 2 saturated heterocycles. The summed E-state index contributed by atoms with van der Waals surface area (Å²) in [5.41, 5.74) is -0.516. The molecule has 2 heterocycles. The van der Waals surface area contributed by atoms with Crippen molar-refractivity contribution in [3.05, 3.63) is 35.9 Å². The summed E-state index contributed by atoms with van der Waals surface area (Å²) >= 11 is 0. The molecule has 5 heteroatoms. The van der Waals surface area contributed by atoms with Crippen molar-refractivity contribution >= 4 is 5.91 Å². The third-order valence-electron chi connectivity index (χ3n) is 6.30. The molecule has 5 nitrogen and oxygen atoms in total. The van der Waals surface area contributed by atoms with Gasteiger partial charge < -0.3 is 20.0 Å². The van der Waals surface area contributed by atoms with Gasteiger partial charge >= 0.3 is 0 Å². The summed E-state index contributed by atoms with van der Waals surface area (Å²) in [5.74, 6) is 0.101. The average Bonchev–Trinajstić information content (AvgIpc) is 2.65. The number of rotatable bonds is 3. The van der Waals surface area contributed by atoms with Crippen molar-refractivity contribution < 1.29 is 15.0 Å². The Labute approximate surface area is 150 Å². The number of nitrogens with zero attached hydrogens (tertiary/aromatic N) is 2. The van der Waals surface area contributed by atoms with Crippen molar-refractivity contribution in [1.82, 2.24) is 9.80 Å². The smallest absolute Gasteiger partial charge is 0.233 e. The summed E-state index contributed by atoms with van der Waals surface area (Å²) in [6.45, 7) is 4.37. The maximum Gasteiger partial charge on any atom is 0.233 e. The molecule has 0 unspecified atom stereocenters. The molecule has 1 aromatic rings. The van der Waals surface area contributed by atoms with Crippen LogP contribution in [0, 0.1) is 0 Å². The summed E-state index contributed by atoms with van der Waals surface area (Å²) in [4.78, 5) is 17.6. The van der Waals surface area contributed by atoms with Gasteiger partial charge in [0, 0.05) is 13.1 Å². The molecule has 0 radical (unpaired) electrons. The van der Waals surface area contributed by atoms with E-state index in [2.05, 4.69) is 11.9 Å². The lowest BCUT2D eigenvalue weighted by Gasteiger charge is -2.47. The van der Waals surface area contributed by atoms with E-state index >= 15 is 0 Å². The van der Waals surface area contributed by atoms with E-state index in [1.165, 1.54) is 0 Å². The van der Waals surface area contributed by atoms with Crippen LogP contribution >= 0.6 is 0 Å². The number of benzene rings is 1. The van der Waals surface area contributed by atoms with Crippen molar-refractivity contribution in [2.24, 2.45) is 0 Å². The van der Waals surface area contributed by atoms with Gasteiger partial charge in [-0.25, -0.2) is 0 Å². The van der Waals surface area contributed by atoms with Crippen LogP contribution in [0.25, 0.3) is 0 Å². The standard InChI is InChI=1S/C20H30N2O3/c1-3-20(25)11-14-22(15-17(20)23)18(24)19(9-12-21(2)13-10-19)16-7-5-4-6-8-16/h4-8,17,23,25H,3,9-15H2,1-2H3/t17-,20-/m0/s1. The lowest BCUT2D eigenvalue weighted by molar-refractivity contribution is -0.156. The zero-order chi connectivity index (χ0) is 18.1. The summed E-state index contributed by atoms with van der Waals surface area (Å²) in [7, 11) is 2.09. The Kier molecular flexibility index (Phi) is 5.19. The second-order valence-electron chi connectivity index (χ2n) is 7.73. The Balaban J connectivity index is 1.86. The van der Waals surface area contributed by atoms with Crippen LogP contribution in [-0.4, -0.2) is 70.9 Å². The fourth-order valence-corrected chi connectivity index (χ4v) is 4.25. The summed E-state index contributed by atoms with van der Waals surface area (Å²) < 4.78 is 0. The SMILES string of the molecule is CC[C@]1(O)CCN(C(=O)C2(c3ccccc3)CCN(C)CC2)C[C@@H]1O. The number of amides is 1. The highest BCUT2D eigenvalue weighted by atomic mass is 16.3. The van der Waals surface area contributed by atoms with Gasteiger partial charge in [0.1, 0.15) is 6.10 Å². The Morgan fingerprint density at radius 2 is 1.80 bits per heavy atom. The lowest BCUT2D eigenvalue weighted by atomic mass is 9.71. The van der Waals surface area contributed by atoms with Crippen LogP contribution in [0.15, 0.2) is 30.3 Å². The number of aliphatic hydroxyl groups is 2. The maximum atomic E-state index is 13.5.